The van der Waals surface area contributed by atoms with Gasteiger partial charge in [0, 0.05) is 130 Å². The van der Waals surface area contributed by atoms with Gasteiger partial charge in [0.15, 0.2) is 0 Å². The Kier molecular flexibility index (Phi) is 22.8. The molecule has 55 heavy (non-hydrogen) atoms. The normalized spacial score (nSPS) is 9.64. The largest absolute Gasteiger partial charge is 0.693 e. The van der Waals surface area contributed by atoms with Crippen LogP contribution >= 0.6 is 16.6 Å². The van der Waals surface area contributed by atoms with Crippen molar-refractivity contribution in [2.45, 2.75) is 26.2 Å². The van der Waals surface area contributed by atoms with Crippen LogP contribution in [0.15, 0.2) is 172 Å². The van der Waals surface area contributed by atoms with Gasteiger partial charge in [-0.25, -0.2) is 19.9 Å². The fourth-order valence-corrected chi connectivity index (χ4v) is 5.57. The summed E-state index contributed by atoms with van der Waals surface area (Å²) in [7, 11) is 9.95. The average Bonchev–Trinajstić information content (AvgIpc) is 4.02. The monoisotopic (exact) mass is 1070 g/mol. The van der Waals surface area contributed by atoms with Gasteiger partial charge in [-0.3, -0.25) is 0 Å². The molecule has 4 N–H and O–H groups in total. The number of rotatable bonds is 10. The number of hydrogen-bond acceptors (Lipinski definition) is 4. The number of imidazole rings is 4. The van der Waals surface area contributed by atoms with E-state index in [1.165, 1.54) is 44.5 Å². The van der Waals surface area contributed by atoms with Crippen LogP contribution in [0.4, 0.5) is 0 Å². The Labute approximate surface area is 382 Å². The van der Waals surface area contributed by atoms with Gasteiger partial charge in [0.1, 0.15) is 0 Å². The first kappa shape index (κ1) is 48.1. The molecule has 10 nitrogen and oxygen atoms in total. The van der Waals surface area contributed by atoms with Crippen molar-refractivity contribution in [2.75, 3.05) is 0 Å². The Morgan fingerprint density at radius 1 is 0.364 bits per heavy atom. The van der Waals surface area contributed by atoms with E-state index in [1.54, 1.807) is 24.8 Å². The predicted octanol–water partition coefficient (Wildman–Crippen LogP) is 10.5. The molecule has 0 unspecified atom stereocenters. The molecule has 0 aliphatic carbocycles. The maximum Gasteiger partial charge on any atom is 0.0949 e. The van der Waals surface area contributed by atoms with E-state index in [0.29, 0.717) is 0 Å². The zero-order chi connectivity index (χ0) is 35.1. The van der Waals surface area contributed by atoms with Crippen LogP contribution in [-0.4, -0.2) is 38.2 Å². The SMILES string of the molecule is [Cd].[Cd].[Cl][Cd][Cl].[NH2-].[NH2-].c1cn(Cc2ccc(-c3ccc(Cn4ccnc4)cc3)cc2)cn1.c1cn(Cc2ccc(-c3ccc(Cn4ccnc4)cc3)cc2)cn1. The minimum absolute atomic E-state index is 0. The van der Waals surface area contributed by atoms with Crippen LogP contribution in [-0.2, 0) is 103 Å². The van der Waals surface area contributed by atoms with Crippen LogP contribution in [0.25, 0.3) is 34.6 Å². The number of hydrogen-bond donors (Lipinski definition) is 0. The third kappa shape index (κ3) is 15.5. The number of nitrogens with two attached hydrogens (primary N) is 2. The van der Waals surface area contributed by atoms with Crippen molar-refractivity contribution >= 4 is 16.6 Å². The van der Waals surface area contributed by atoms with Gasteiger partial charge in [0.05, 0.1) is 25.3 Å². The van der Waals surface area contributed by atoms with Crippen molar-refractivity contribution in [3.63, 3.8) is 0 Å². The molecular weight excluding hydrogens is 1030 g/mol. The smallest absolute Gasteiger partial charge is 0.0949 e. The summed E-state index contributed by atoms with van der Waals surface area (Å²) in [6.07, 6.45) is 22.5. The summed E-state index contributed by atoms with van der Waals surface area (Å²) in [6.45, 7) is 3.41. The molecule has 0 radical (unpaired) electrons. The molecule has 8 rings (SSSR count). The van der Waals surface area contributed by atoms with Gasteiger partial charge < -0.3 is 30.6 Å². The van der Waals surface area contributed by atoms with Gasteiger partial charge in [-0.15, -0.1) is 0 Å². The van der Waals surface area contributed by atoms with E-state index in [9.17, 15) is 0 Å². The summed E-state index contributed by atoms with van der Waals surface area (Å²) in [5, 5.41) is 0. The van der Waals surface area contributed by atoms with Gasteiger partial charge in [-0.05, 0) is 44.5 Å². The molecule has 0 aliphatic heterocycles. The third-order valence-electron chi connectivity index (χ3n) is 8.18. The van der Waals surface area contributed by atoms with Crippen LogP contribution in [0.2, 0.25) is 0 Å². The zero-order valence-electron chi connectivity index (χ0n) is 30.6. The molecule has 0 saturated carbocycles. The summed E-state index contributed by atoms with van der Waals surface area (Å²) in [6, 6.07) is 34.8. The van der Waals surface area contributed by atoms with E-state index < -0.39 is 21.8 Å². The van der Waals surface area contributed by atoms with Crippen LogP contribution in [0.3, 0.4) is 0 Å². The number of aromatic nitrogens is 8. The first-order valence-corrected chi connectivity index (χ1v) is 26.7. The quantitative estimate of drug-likeness (QED) is 0.126. The molecule has 4 heterocycles. The van der Waals surface area contributed by atoms with Gasteiger partial charge in [-0.1, -0.05) is 97.1 Å². The second kappa shape index (κ2) is 26.0. The molecule has 8 aromatic rings. The average molecular weight is 1070 g/mol. The van der Waals surface area contributed by atoms with Crippen molar-refractivity contribution in [1.29, 1.82) is 0 Å². The van der Waals surface area contributed by atoms with E-state index in [-0.39, 0.29) is 66.9 Å². The van der Waals surface area contributed by atoms with E-state index in [1.807, 2.05) is 50.1 Å². The first-order valence-electron chi connectivity index (χ1n) is 16.5. The zero-order valence-corrected chi connectivity index (χ0v) is 44.2. The molecule has 0 spiro atoms. The molecule has 4 aromatic heterocycles. The number of halogens is 2. The van der Waals surface area contributed by atoms with E-state index in [2.05, 4.69) is 135 Å². The van der Waals surface area contributed by atoms with Crippen molar-refractivity contribution in [3.8, 4) is 22.3 Å². The Hall–Kier alpha value is -3.01. The maximum atomic E-state index is 4.97. The van der Waals surface area contributed by atoms with Crippen LogP contribution in [0, 0.1) is 0 Å². The molecule has 0 aliphatic rings. The summed E-state index contributed by atoms with van der Waals surface area (Å²) >= 11 is -1.07. The Morgan fingerprint density at radius 2 is 0.545 bits per heavy atom. The molecule has 0 atom stereocenters. The van der Waals surface area contributed by atoms with E-state index in [0.717, 1.165) is 26.2 Å². The fraction of sp³-hybridized carbons (Fsp3) is 0.100. The first-order chi connectivity index (χ1) is 25.1. The van der Waals surface area contributed by atoms with Crippen molar-refractivity contribution in [1.82, 2.24) is 38.2 Å². The number of benzene rings is 4. The summed E-state index contributed by atoms with van der Waals surface area (Å²) in [4.78, 5) is 16.3. The molecule has 272 valence electrons. The van der Waals surface area contributed by atoms with Crippen LogP contribution in [0.1, 0.15) is 22.3 Å². The molecule has 0 amide bonds. The molecule has 4 aromatic carbocycles. The predicted molar refractivity (Wildman–Crippen MR) is 211 cm³/mol. The van der Waals surface area contributed by atoms with Crippen molar-refractivity contribution < 1.29 is 76.4 Å². The Morgan fingerprint density at radius 3 is 0.691 bits per heavy atom. The summed E-state index contributed by atoms with van der Waals surface area (Å²) in [5.74, 6) is 0. The summed E-state index contributed by atoms with van der Waals surface area (Å²) in [5.41, 5.74) is 10.0. The molecule has 0 saturated heterocycles. The minimum atomic E-state index is -1.07. The van der Waals surface area contributed by atoms with Crippen molar-refractivity contribution in [2.24, 2.45) is 0 Å². The number of nitrogens with zero attached hydrogens (tertiary/aromatic N) is 8. The molecule has 15 heteroatoms. The molecule has 0 bridgehead atoms. The minimum Gasteiger partial charge on any atom is -0.693 e. The standard InChI is InChI=1S/2C20H18N4.3Cd.2ClH.2H2N/c2*1-5-19(6-2-17(1)13-23-11-9-21-15-23)20-7-3-18(4-8-20)14-24-12-10-22-16-24;;;;;;;/h2*1-12,15-16H,13-14H2;;;;2*1H;2*1H2/q;;;;+2;;;2*-1/p-2. The van der Waals surface area contributed by atoms with Gasteiger partial charge in [0.25, 0.3) is 0 Å². The van der Waals surface area contributed by atoms with E-state index >= 15 is 0 Å². The van der Waals surface area contributed by atoms with Gasteiger partial charge in [0.2, 0.25) is 0 Å². The Balaban J connectivity index is 0.000000332. The second-order valence-corrected chi connectivity index (χ2v) is 17.8. The topological polar surface area (TPSA) is 138 Å². The van der Waals surface area contributed by atoms with Crippen molar-refractivity contribution in [3.05, 3.63) is 207 Å². The maximum absolute atomic E-state index is 4.97. The Bertz CT molecular complexity index is 1800. The third-order valence-corrected chi connectivity index (χ3v) is 8.18. The molecule has 0 fully saturated rings. The van der Waals surface area contributed by atoms with Crippen LogP contribution < -0.4 is 0 Å². The summed E-state index contributed by atoms with van der Waals surface area (Å²) < 4.78 is 8.28. The second-order valence-electron chi connectivity index (χ2n) is 11.8. The van der Waals surface area contributed by atoms with Crippen LogP contribution in [0.5, 0.6) is 0 Å². The fourth-order valence-electron chi connectivity index (χ4n) is 5.57. The van der Waals surface area contributed by atoms with Gasteiger partial charge >= 0.3 is 38.4 Å². The van der Waals surface area contributed by atoms with E-state index in [4.69, 9.17) is 16.6 Å². The molecular formula is C40H40Cd3Cl2N10-2. The van der Waals surface area contributed by atoms with Gasteiger partial charge in [-0.2, -0.15) is 0 Å².